The number of fused-ring (bicyclic) bond motifs is 1. The number of rotatable bonds is 3. The molecule has 2 aromatic heterocycles. The molecule has 0 bridgehead atoms. The molecule has 0 fully saturated rings. The zero-order chi connectivity index (χ0) is 16.6. The summed E-state index contributed by atoms with van der Waals surface area (Å²) < 4.78 is 31.3. The van der Waals surface area contributed by atoms with Crippen molar-refractivity contribution in [3.63, 3.8) is 0 Å². The van der Waals surface area contributed by atoms with Crippen LogP contribution in [0.25, 0.3) is 5.65 Å². The Labute approximate surface area is 144 Å². The van der Waals surface area contributed by atoms with Crippen LogP contribution in [0, 0.1) is 11.6 Å². The summed E-state index contributed by atoms with van der Waals surface area (Å²) >= 11 is 2.06. The molecule has 1 amide bonds. The van der Waals surface area contributed by atoms with Crippen molar-refractivity contribution in [2.75, 3.05) is 0 Å². The van der Waals surface area contributed by atoms with Gasteiger partial charge in [-0.15, -0.1) is 0 Å². The van der Waals surface area contributed by atoms with Gasteiger partial charge in [0.05, 0.1) is 0 Å². The van der Waals surface area contributed by atoms with Crippen LogP contribution >= 0.6 is 15.9 Å². The maximum absolute atomic E-state index is 14.7. The first-order valence-electron chi connectivity index (χ1n) is 6.34. The number of nitrogen functional groups attached to an aromatic ring is 1. The van der Waals surface area contributed by atoms with E-state index in [0.29, 0.717) is 8.82 Å². The Hall–Kier alpha value is -1.76. The van der Waals surface area contributed by atoms with Crippen molar-refractivity contribution in [3.05, 3.63) is 58.5 Å². The number of benzene rings is 1. The summed E-state index contributed by atoms with van der Waals surface area (Å²) in [7, 11) is 0. The monoisotopic (exact) mass is 441 g/mol. The fourth-order valence-corrected chi connectivity index (χ4v) is 4.57. The number of imidazole rings is 1. The van der Waals surface area contributed by atoms with E-state index in [4.69, 9.17) is 5.84 Å². The van der Waals surface area contributed by atoms with E-state index in [9.17, 15) is 13.6 Å². The Bertz CT molecular complexity index is 915. The van der Waals surface area contributed by atoms with Crippen LogP contribution in [0.15, 0.2) is 41.3 Å². The quantitative estimate of drug-likeness (QED) is 0.271. The Balaban J connectivity index is 2.17. The maximum atomic E-state index is 14.7. The molecule has 3 N–H and O–H groups in total. The third-order valence-corrected chi connectivity index (χ3v) is 6.26. The van der Waals surface area contributed by atoms with E-state index in [2.05, 4.69) is 20.9 Å². The molecule has 0 saturated carbocycles. The second-order valence-electron chi connectivity index (χ2n) is 4.54. The van der Waals surface area contributed by atoms with Crippen LogP contribution in [0.4, 0.5) is 8.78 Å². The number of hydrogen-bond acceptors (Lipinski definition) is 3. The van der Waals surface area contributed by atoms with E-state index < -0.39 is 33.3 Å². The molecular weight excluding hydrogens is 433 g/mol. The number of nitrogens with one attached hydrogen (secondary N) is 1. The third kappa shape index (κ3) is 3.02. The van der Waals surface area contributed by atoms with E-state index in [1.54, 1.807) is 12.1 Å². The van der Waals surface area contributed by atoms with Gasteiger partial charge in [0.2, 0.25) is 0 Å². The fraction of sp³-hybridized carbons (Fsp3) is 0. The van der Waals surface area contributed by atoms with Gasteiger partial charge in [-0.2, -0.15) is 0 Å². The number of halogens is 3. The number of nitrogens with two attached hydrogens (primary N) is 1. The van der Waals surface area contributed by atoms with Gasteiger partial charge in [0.25, 0.3) is 0 Å². The van der Waals surface area contributed by atoms with Gasteiger partial charge in [0.15, 0.2) is 0 Å². The van der Waals surface area contributed by atoms with E-state index in [-0.39, 0.29) is 15.6 Å². The molecule has 3 rings (SSSR count). The summed E-state index contributed by atoms with van der Waals surface area (Å²) in [5.74, 6) is 3.43. The van der Waals surface area contributed by atoms with Crippen LogP contribution in [0.5, 0.6) is 0 Å². The number of carbonyl (C=O) groups is 1. The summed E-state index contributed by atoms with van der Waals surface area (Å²) in [6.45, 7) is 0. The first kappa shape index (κ1) is 16.1. The van der Waals surface area contributed by atoms with Crippen molar-refractivity contribution in [1.82, 2.24) is 14.8 Å². The molecule has 0 atom stereocenters. The van der Waals surface area contributed by atoms with Crippen LogP contribution in [0.2, 0.25) is 0 Å². The third-order valence-electron chi connectivity index (χ3n) is 3.11. The minimum absolute atomic E-state index is 0.0674. The Kier molecular flexibility index (Phi) is 4.48. The van der Waals surface area contributed by atoms with Gasteiger partial charge < -0.3 is 0 Å². The number of amides is 1. The number of nitrogens with zero attached hydrogens (tertiary/aromatic N) is 2. The van der Waals surface area contributed by atoms with Crippen molar-refractivity contribution in [2.45, 2.75) is 0 Å². The molecule has 0 aliphatic heterocycles. The van der Waals surface area contributed by atoms with Gasteiger partial charge >= 0.3 is 145 Å². The van der Waals surface area contributed by atoms with E-state index >= 15 is 0 Å². The van der Waals surface area contributed by atoms with Crippen molar-refractivity contribution < 1.29 is 13.6 Å². The topological polar surface area (TPSA) is 72.4 Å². The van der Waals surface area contributed by atoms with E-state index in [1.165, 1.54) is 29.1 Å². The zero-order valence-electron chi connectivity index (χ0n) is 11.4. The summed E-state index contributed by atoms with van der Waals surface area (Å²) in [5, 5.41) is 0. The molecule has 3 aromatic rings. The first-order valence-corrected chi connectivity index (χ1v) is 9.01. The van der Waals surface area contributed by atoms with Crippen molar-refractivity contribution in [3.8, 4) is 0 Å². The molecule has 1 aromatic carbocycles. The molecule has 2 heterocycles. The molecule has 0 aliphatic rings. The van der Waals surface area contributed by atoms with Crippen LogP contribution in [-0.4, -0.2) is 31.0 Å². The Morgan fingerprint density at radius 1 is 1.39 bits per heavy atom. The van der Waals surface area contributed by atoms with Crippen molar-refractivity contribution in [2.24, 2.45) is 5.84 Å². The molecule has 0 aliphatic carbocycles. The fourth-order valence-electron chi connectivity index (χ4n) is 2.06. The minimum atomic E-state index is -1.11. The molecule has 9 heteroatoms. The SMILES string of the molecule is NNC(=O)c1cn2ccnc2c(F)c1[As]c1ccc(Br)cc1F. The van der Waals surface area contributed by atoms with Crippen LogP contribution < -0.4 is 20.0 Å². The standard InChI is InChI=1S/C14H9AsBrF2N4O/c16-7-1-2-9(10(17)5-7)15-11-8(14(23)21-19)6-22-4-3-20-13(22)12(11)18/h1-6H,19H2,(H,21,23). The average Bonchev–Trinajstić information content (AvgIpc) is 3.00. The predicted octanol–water partition coefficient (Wildman–Crippen LogP) is 0.633. The summed E-state index contributed by atoms with van der Waals surface area (Å²) in [6, 6.07) is 4.54. The predicted molar refractivity (Wildman–Crippen MR) is 85.9 cm³/mol. The van der Waals surface area contributed by atoms with Gasteiger partial charge in [0, 0.05) is 0 Å². The first-order chi connectivity index (χ1) is 11.0. The van der Waals surface area contributed by atoms with Crippen LogP contribution in [0.1, 0.15) is 10.4 Å². The van der Waals surface area contributed by atoms with Crippen molar-refractivity contribution >= 4 is 51.9 Å². The van der Waals surface area contributed by atoms with Gasteiger partial charge in [-0.05, 0) is 0 Å². The van der Waals surface area contributed by atoms with Crippen LogP contribution in [0.3, 0.4) is 0 Å². The Morgan fingerprint density at radius 2 is 2.17 bits per heavy atom. The molecular formula is C14H9AsBrF2N4O. The normalized spacial score (nSPS) is 11.5. The van der Waals surface area contributed by atoms with Gasteiger partial charge in [-0.25, -0.2) is 0 Å². The van der Waals surface area contributed by atoms with Gasteiger partial charge in [0.1, 0.15) is 0 Å². The molecule has 5 nitrogen and oxygen atoms in total. The number of hydrogen-bond donors (Lipinski definition) is 2. The number of carbonyl (C=O) groups excluding carboxylic acids is 1. The zero-order valence-corrected chi connectivity index (χ0v) is 14.9. The van der Waals surface area contributed by atoms with Gasteiger partial charge in [-0.1, -0.05) is 0 Å². The summed E-state index contributed by atoms with van der Waals surface area (Å²) in [4.78, 5) is 15.9. The second-order valence-corrected chi connectivity index (χ2v) is 7.88. The van der Waals surface area contributed by atoms with Crippen LogP contribution in [-0.2, 0) is 0 Å². The number of pyridine rings is 1. The van der Waals surface area contributed by atoms with Crippen molar-refractivity contribution in [1.29, 1.82) is 0 Å². The molecule has 0 unspecified atom stereocenters. The Morgan fingerprint density at radius 3 is 2.87 bits per heavy atom. The average molecular weight is 442 g/mol. The molecule has 1 radical (unpaired) electrons. The molecule has 0 saturated heterocycles. The molecule has 117 valence electrons. The van der Waals surface area contributed by atoms with E-state index in [0.717, 1.165) is 0 Å². The number of aromatic nitrogens is 2. The van der Waals surface area contributed by atoms with Gasteiger partial charge in [-0.3, -0.25) is 0 Å². The summed E-state index contributed by atoms with van der Waals surface area (Å²) in [5.41, 5.74) is 2.14. The van der Waals surface area contributed by atoms with E-state index in [1.807, 2.05) is 5.43 Å². The summed E-state index contributed by atoms with van der Waals surface area (Å²) in [6.07, 6.45) is 4.38. The number of hydrazine groups is 1. The molecule has 23 heavy (non-hydrogen) atoms. The second kappa shape index (κ2) is 6.39. The molecule has 0 spiro atoms.